The van der Waals surface area contributed by atoms with E-state index in [1.807, 2.05) is 42.5 Å². The van der Waals surface area contributed by atoms with Crippen LogP contribution >= 0.6 is 0 Å². The highest BCUT2D eigenvalue weighted by atomic mass is 16.4. The van der Waals surface area contributed by atoms with Crippen molar-refractivity contribution < 1.29 is 14.3 Å². The Bertz CT molecular complexity index is 710. The maximum Gasteiger partial charge on any atom is 0.307 e. The minimum absolute atomic E-state index is 0.0147. The number of aliphatic carboxylic acids is 1. The van der Waals surface area contributed by atoms with E-state index in [0.29, 0.717) is 0 Å². The molecule has 1 heterocycles. The highest BCUT2D eigenvalue weighted by Gasteiger charge is 2.11. The fourth-order valence-electron chi connectivity index (χ4n) is 2.16. The highest BCUT2D eigenvalue weighted by molar-refractivity contribution is 6.07. The molecule has 0 bridgehead atoms. The average Bonchev–Trinajstić information content (AvgIpc) is 2.67. The molecule has 3 heteroatoms. The second-order valence-corrected chi connectivity index (χ2v) is 3.96. The molecule has 0 amide bonds. The lowest BCUT2D eigenvalue weighted by molar-refractivity contribution is -0.136. The van der Waals surface area contributed by atoms with Gasteiger partial charge in [-0.1, -0.05) is 30.3 Å². The molecule has 2 aromatic carbocycles. The van der Waals surface area contributed by atoms with E-state index in [2.05, 4.69) is 0 Å². The monoisotopic (exact) mass is 226 g/mol. The van der Waals surface area contributed by atoms with Gasteiger partial charge in [0.15, 0.2) is 0 Å². The van der Waals surface area contributed by atoms with Gasteiger partial charge in [-0.25, -0.2) is 0 Å². The topological polar surface area (TPSA) is 50.4 Å². The summed E-state index contributed by atoms with van der Waals surface area (Å²) in [4.78, 5) is 10.8. The number of fused-ring (bicyclic) bond motifs is 3. The Hall–Kier alpha value is -2.29. The number of carbonyl (C=O) groups is 1. The Morgan fingerprint density at radius 3 is 2.65 bits per heavy atom. The van der Waals surface area contributed by atoms with Crippen LogP contribution in [0.3, 0.4) is 0 Å². The molecule has 3 rings (SSSR count). The van der Waals surface area contributed by atoms with Crippen molar-refractivity contribution in [3.8, 4) is 0 Å². The summed E-state index contributed by atoms with van der Waals surface area (Å²) in [7, 11) is 0. The van der Waals surface area contributed by atoms with Gasteiger partial charge in [-0.2, -0.15) is 0 Å². The minimum Gasteiger partial charge on any atom is -0.481 e. The van der Waals surface area contributed by atoms with Gasteiger partial charge in [0, 0.05) is 10.8 Å². The van der Waals surface area contributed by atoms with Crippen LogP contribution in [-0.2, 0) is 11.2 Å². The van der Waals surface area contributed by atoms with E-state index in [-0.39, 0.29) is 6.42 Å². The van der Waals surface area contributed by atoms with E-state index in [0.717, 1.165) is 27.5 Å². The maximum atomic E-state index is 10.8. The molecule has 0 unspecified atom stereocenters. The first-order valence-electron chi connectivity index (χ1n) is 5.36. The number of carboxylic acids is 1. The number of para-hydroxylation sites is 1. The van der Waals surface area contributed by atoms with Gasteiger partial charge >= 0.3 is 5.97 Å². The van der Waals surface area contributed by atoms with Gasteiger partial charge < -0.3 is 9.52 Å². The van der Waals surface area contributed by atoms with Crippen molar-refractivity contribution in [3.05, 3.63) is 48.0 Å². The van der Waals surface area contributed by atoms with E-state index in [4.69, 9.17) is 9.52 Å². The zero-order valence-corrected chi connectivity index (χ0v) is 9.01. The Labute approximate surface area is 97.3 Å². The predicted molar refractivity (Wildman–Crippen MR) is 65.1 cm³/mol. The van der Waals surface area contributed by atoms with Gasteiger partial charge in [0.25, 0.3) is 0 Å². The smallest absolute Gasteiger partial charge is 0.307 e. The Morgan fingerprint density at radius 2 is 1.82 bits per heavy atom. The lowest BCUT2D eigenvalue weighted by atomic mass is 10.0. The molecule has 3 aromatic rings. The van der Waals surface area contributed by atoms with Gasteiger partial charge in [0.05, 0.1) is 6.42 Å². The molecule has 0 aliphatic rings. The Balaban J connectivity index is 2.39. The van der Waals surface area contributed by atoms with Crippen molar-refractivity contribution in [2.24, 2.45) is 0 Å². The number of benzene rings is 2. The van der Waals surface area contributed by atoms with Gasteiger partial charge in [-0.05, 0) is 17.7 Å². The molecule has 17 heavy (non-hydrogen) atoms. The van der Waals surface area contributed by atoms with Crippen LogP contribution in [0.2, 0.25) is 0 Å². The van der Waals surface area contributed by atoms with Crippen molar-refractivity contribution in [1.29, 1.82) is 0 Å². The van der Waals surface area contributed by atoms with E-state index in [1.54, 1.807) is 0 Å². The molecule has 84 valence electrons. The second-order valence-electron chi connectivity index (χ2n) is 3.96. The molecular formula is C14H10O3. The molecule has 0 aliphatic carbocycles. The van der Waals surface area contributed by atoms with Gasteiger partial charge in [0.1, 0.15) is 11.2 Å². The molecule has 3 nitrogen and oxygen atoms in total. The summed E-state index contributed by atoms with van der Waals surface area (Å²) >= 11 is 0. The summed E-state index contributed by atoms with van der Waals surface area (Å²) in [6.45, 7) is 0. The zero-order valence-electron chi connectivity index (χ0n) is 9.01. The molecule has 0 radical (unpaired) electrons. The number of furan rings is 1. The normalized spacial score (nSPS) is 11.1. The fraction of sp³-hybridized carbons (Fsp3) is 0.0714. The predicted octanol–water partition coefficient (Wildman–Crippen LogP) is 3.21. The zero-order chi connectivity index (χ0) is 11.8. The largest absolute Gasteiger partial charge is 0.481 e. The molecule has 0 saturated carbocycles. The number of carboxylic acid groups (broad SMARTS) is 1. The first-order chi connectivity index (χ1) is 8.25. The van der Waals surface area contributed by atoms with Crippen molar-refractivity contribution in [1.82, 2.24) is 0 Å². The third-order valence-corrected chi connectivity index (χ3v) is 2.83. The lowest BCUT2D eigenvalue weighted by Gasteiger charge is -1.98. The summed E-state index contributed by atoms with van der Waals surface area (Å²) in [6, 6.07) is 13.2. The van der Waals surface area contributed by atoms with E-state index < -0.39 is 5.97 Å². The summed E-state index contributed by atoms with van der Waals surface area (Å²) in [5.74, 6) is -0.831. The van der Waals surface area contributed by atoms with Gasteiger partial charge in [0.2, 0.25) is 0 Å². The van der Waals surface area contributed by atoms with Crippen LogP contribution in [0.5, 0.6) is 0 Å². The maximum absolute atomic E-state index is 10.8. The molecule has 1 aromatic heterocycles. The quantitative estimate of drug-likeness (QED) is 0.729. The van der Waals surface area contributed by atoms with E-state index in [9.17, 15) is 4.79 Å². The fourth-order valence-corrected chi connectivity index (χ4v) is 2.16. The van der Waals surface area contributed by atoms with Crippen molar-refractivity contribution in [2.75, 3.05) is 0 Å². The van der Waals surface area contributed by atoms with Gasteiger partial charge in [-0.15, -0.1) is 0 Å². The van der Waals surface area contributed by atoms with Crippen molar-refractivity contribution >= 4 is 27.9 Å². The summed E-state index contributed by atoms with van der Waals surface area (Å²) < 4.78 is 5.68. The van der Waals surface area contributed by atoms with Crippen LogP contribution in [0.1, 0.15) is 5.56 Å². The molecule has 0 fully saturated rings. The third-order valence-electron chi connectivity index (χ3n) is 2.83. The third kappa shape index (κ3) is 1.56. The molecule has 0 aliphatic heterocycles. The van der Waals surface area contributed by atoms with E-state index in [1.165, 1.54) is 0 Å². The molecule has 0 spiro atoms. The highest BCUT2D eigenvalue weighted by Crippen LogP contribution is 2.31. The second kappa shape index (κ2) is 3.63. The van der Waals surface area contributed by atoms with Gasteiger partial charge in [-0.3, -0.25) is 4.79 Å². The molecule has 0 atom stereocenters. The van der Waals surface area contributed by atoms with Crippen LogP contribution in [-0.4, -0.2) is 11.1 Å². The Morgan fingerprint density at radius 1 is 1.06 bits per heavy atom. The number of hydrogen-bond donors (Lipinski definition) is 1. The number of rotatable bonds is 2. The van der Waals surface area contributed by atoms with Crippen LogP contribution in [0, 0.1) is 0 Å². The summed E-state index contributed by atoms with van der Waals surface area (Å²) in [5.41, 5.74) is 2.32. The summed E-state index contributed by atoms with van der Waals surface area (Å²) in [6.07, 6.45) is 0.0147. The Kier molecular flexibility index (Phi) is 2.11. The standard InChI is InChI=1S/C14H10O3/c15-13(16)8-9-4-3-7-12-14(9)10-5-1-2-6-11(10)17-12/h1-7H,8H2,(H,15,16). The summed E-state index contributed by atoms with van der Waals surface area (Å²) in [5, 5.41) is 10.8. The molecule has 0 saturated heterocycles. The van der Waals surface area contributed by atoms with Crippen molar-refractivity contribution in [2.45, 2.75) is 6.42 Å². The first-order valence-corrected chi connectivity index (χ1v) is 5.36. The minimum atomic E-state index is -0.831. The molecular weight excluding hydrogens is 216 g/mol. The average molecular weight is 226 g/mol. The molecule has 1 N–H and O–H groups in total. The number of hydrogen-bond acceptors (Lipinski definition) is 2. The van der Waals surface area contributed by atoms with Crippen LogP contribution in [0.15, 0.2) is 46.9 Å². The van der Waals surface area contributed by atoms with E-state index >= 15 is 0 Å². The van der Waals surface area contributed by atoms with Crippen LogP contribution in [0.25, 0.3) is 21.9 Å². The van der Waals surface area contributed by atoms with Crippen LogP contribution in [0.4, 0.5) is 0 Å². The lowest BCUT2D eigenvalue weighted by Crippen LogP contribution is -1.99. The van der Waals surface area contributed by atoms with Crippen LogP contribution < -0.4 is 0 Å². The SMILES string of the molecule is O=C(O)Cc1cccc2oc3ccccc3c12. The first kappa shape index (κ1) is 9.90. The van der Waals surface area contributed by atoms with Crippen molar-refractivity contribution in [3.63, 3.8) is 0 Å².